The van der Waals surface area contributed by atoms with E-state index < -0.39 is 6.09 Å². The van der Waals surface area contributed by atoms with Gasteiger partial charge in [0.1, 0.15) is 0 Å². The van der Waals surface area contributed by atoms with E-state index in [0.29, 0.717) is 5.69 Å². The zero-order chi connectivity index (χ0) is 12.8. The first-order valence-electron chi connectivity index (χ1n) is 4.89. The summed E-state index contributed by atoms with van der Waals surface area (Å²) in [5.41, 5.74) is 1.26. The van der Waals surface area contributed by atoms with E-state index in [1.807, 2.05) is 35.6 Å². The van der Waals surface area contributed by atoms with Gasteiger partial charge in [-0.15, -0.1) is 6.42 Å². The molecule has 0 fully saturated rings. The first-order valence-corrected chi connectivity index (χ1v) is 6.13. The van der Waals surface area contributed by atoms with Gasteiger partial charge in [-0.25, -0.2) is 4.79 Å². The quantitative estimate of drug-likeness (QED) is 0.500. The molecular weight excluding hydrogens is 333 g/mol. The summed E-state index contributed by atoms with van der Waals surface area (Å²) in [7, 11) is 0. The van der Waals surface area contributed by atoms with E-state index in [0.717, 1.165) is 5.56 Å². The molecule has 1 amide bonds. The zero-order valence-corrected chi connectivity index (χ0v) is 11.3. The van der Waals surface area contributed by atoms with Gasteiger partial charge in [-0.1, -0.05) is 24.1 Å². The second kappa shape index (κ2) is 6.47. The minimum atomic E-state index is -1.10. The van der Waals surface area contributed by atoms with Gasteiger partial charge >= 0.3 is 6.09 Å². The molecule has 4 nitrogen and oxygen atoms in total. The molecule has 0 aliphatic rings. The van der Waals surface area contributed by atoms with Crippen molar-refractivity contribution in [2.24, 2.45) is 0 Å². The normalized spacial score (nSPS) is 13.5. The van der Waals surface area contributed by atoms with E-state index in [2.05, 4.69) is 11.2 Å². The Bertz CT molecular complexity index is 442. The summed E-state index contributed by atoms with van der Waals surface area (Å²) < 4.78 is 5.18. The summed E-state index contributed by atoms with van der Waals surface area (Å²) in [4.78, 5) is 10.6. The maximum atomic E-state index is 10.6. The van der Waals surface area contributed by atoms with Crippen LogP contribution >= 0.6 is 22.6 Å². The second-order valence-corrected chi connectivity index (χ2v) is 4.41. The van der Waals surface area contributed by atoms with Crippen LogP contribution in [0.15, 0.2) is 24.3 Å². The molecule has 0 saturated heterocycles. The fourth-order valence-corrected chi connectivity index (χ4v) is 1.81. The molecule has 0 radical (unpaired) electrons. The van der Waals surface area contributed by atoms with Gasteiger partial charge in [-0.2, -0.15) is 0 Å². The molecule has 0 aliphatic heterocycles. The van der Waals surface area contributed by atoms with E-state index in [9.17, 15) is 4.79 Å². The maximum Gasteiger partial charge on any atom is 0.409 e. The van der Waals surface area contributed by atoms with Crippen molar-refractivity contribution in [2.75, 3.05) is 5.32 Å². The van der Waals surface area contributed by atoms with Crippen LogP contribution in [0, 0.1) is 12.3 Å². The number of amides is 1. The first kappa shape index (κ1) is 13.8. The van der Waals surface area contributed by atoms with Crippen molar-refractivity contribution in [3.05, 3.63) is 29.8 Å². The van der Waals surface area contributed by atoms with Gasteiger partial charge in [0, 0.05) is 11.3 Å². The van der Waals surface area contributed by atoms with Crippen LogP contribution in [0.5, 0.6) is 0 Å². The number of rotatable bonds is 4. The van der Waals surface area contributed by atoms with E-state index in [4.69, 9.17) is 16.3 Å². The van der Waals surface area contributed by atoms with Crippen molar-refractivity contribution in [3.63, 3.8) is 0 Å². The average Bonchev–Trinajstić information content (AvgIpc) is 2.28. The standard InChI is InChI=1S/C12H12INO3/c1-3-11(13)17-8(2)9-6-4-5-7-10(9)14-12(15)16/h1,4-8,11,14H,2H3,(H,15,16). The van der Waals surface area contributed by atoms with E-state index in [1.165, 1.54) is 0 Å². The van der Waals surface area contributed by atoms with Crippen LogP contribution in [0.25, 0.3) is 0 Å². The van der Waals surface area contributed by atoms with Gasteiger partial charge in [0.2, 0.25) is 0 Å². The number of anilines is 1. The van der Waals surface area contributed by atoms with Crippen molar-refractivity contribution in [1.29, 1.82) is 0 Å². The summed E-state index contributed by atoms with van der Waals surface area (Å²) in [6, 6.07) is 7.06. The Morgan fingerprint density at radius 3 is 2.82 bits per heavy atom. The van der Waals surface area contributed by atoms with Crippen LogP contribution in [0.3, 0.4) is 0 Å². The summed E-state index contributed by atoms with van der Waals surface area (Å²) in [6.45, 7) is 1.82. The SMILES string of the molecule is C#CC(I)OC(C)c1ccccc1NC(=O)O. The number of nitrogens with one attached hydrogen (secondary N) is 1. The Balaban J connectivity index is 2.89. The number of hydrogen-bond donors (Lipinski definition) is 2. The molecule has 1 aromatic rings. The highest BCUT2D eigenvalue weighted by molar-refractivity contribution is 14.1. The number of alkyl halides is 1. The van der Waals surface area contributed by atoms with Crippen molar-refractivity contribution < 1.29 is 14.6 Å². The summed E-state index contributed by atoms with van der Waals surface area (Å²) in [6.07, 6.45) is 3.84. The number of halogens is 1. The molecule has 17 heavy (non-hydrogen) atoms. The Labute approximate surface area is 114 Å². The van der Waals surface area contributed by atoms with Gasteiger partial charge < -0.3 is 9.84 Å². The fraction of sp³-hybridized carbons (Fsp3) is 0.250. The molecule has 1 rings (SSSR count). The molecule has 0 saturated carbocycles. The third-order valence-electron chi connectivity index (χ3n) is 2.09. The predicted octanol–water partition coefficient (Wildman–Crippen LogP) is 3.25. The minimum absolute atomic E-state index is 0.281. The minimum Gasteiger partial charge on any atom is -0.465 e. The molecule has 0 aromatic heterocycles. The lowest BCUT2D eigenvalue weighted by Gasteiger charge is -2.17. The Kier molecular flexibility index (Phi) is 5.25. The zero-order valence-electron chi connectivity index (χ0n) is 9.18. The molecule has 0 spiro atoms. The number of hydrogen-bond acceptors (Lipinski definition) is 2. The van der Waals surface area contributed by atoms with E-state index in [-0.39, 0.29) is 10.2 Å². The molecule has 0 aliphatic carbocycles. The molecule has 0 heterocycles. The number of ether oxygens (including phenoxy) is 1. The van der Waals surface area contributed by atoms with Crippen molar-refractivity contribution in [2.45, 2.75) is 17.1 Å². The molecule has 2 atom stereocenters. The van der Waals surface area contributed by atoms with Gasteiger partial charge in [0.05, 0.1) is 6.10 Å². The largest absolute Gasteiger partial charge is 0.465 e. The van der Waals surface area contributed by atoms with Gasteiger partial charge in [-0.05, 0) is 35.6 Å². The third kappa shape index (κ3) is 4.24. The fourth-order valence-electron chi connectivity index (χ4n) is 1.37. The van der Waals surface area contributed by atoms with Crippen molar-refractivity contribution >= 4 is 34.4 Å². The third-order valence-corrected chi connectivity index (χ3v) is 2.75. The monoisotopic (exact) mass is 345 g/mol. The van der Waals surface area contributed by atoms with E-state index in [1.54, 1.807) is 18.2 Å². The highest BCUT2D eigenvalue weighted by atomic mass is 127. The number of carboxylic acid groups (broad SMARTS) is 1. The van der Waals surface area contributed by atoms with Gasteiger partial charge in [0.15, 0.2) is 4.11 Å². The molecule has 2 N–H and O–H groups in total. The van der Waals surface area contributed by atoms with Gasteiger partial charge in [0.25, 0.3) is 0 Å². The Morgan fingerprint density at radius 1 is 1.59 bits per heavy atom. The highest BCUT2D eigenvalue weighted by Crippen LogP contribution is 2.27. The molecule has 90 valence electrons. The average molecular weight is 345 g/mol. The van der Waals surface area contributed by atoms with Crippen molar-refractivity contribution in [3.8, 4) is 12.3 Å². The summed E-state index contributed by atoms with van der Waals surface area (Å²) in [5, 5.41) is 11.0. The lowest BCUT2D eigenvalue weighted by atomic mass is 10.1. The summed E-state index contributed by atoms with van der Waals surface area (Å²) in [5.74, 6) is 2.45. The topological polar surface area (TPSA) is 58.6 Å². The van der Waals surface area contributed by atoms with Crippen LogP contribution in [-0.2, 0) is 4.74 Å². The summed E-state index contributed by atoms with van der Waals surface area (Å²) >= 11 is 1.99. The number of terminal acetylenes is 1. The molecule has 5 heteroatoms. The van der Waals surface area contributed by atoms with Crippen LogP contribution in [0.4, 0.5) is 10.5 Å². The number of para-hydroxylation sites is 1. The van der Waals surface area contributed by atoms with Crippen LogP contribution < -0.4 is 5.32 Å². The maximum absolute atomic E-state index is 10.6. The molecular formula is C12H12INO3. The lowest BCUT2D eigenvalue weighted by molar-refractivity contribution is 0.0827. The van der Waals surface area contributed by atoms with Crippen LogP contribution in [-0.4, -0.2) is 15.3 Å². The Hall–Kier alpha value is -1.26. The Morgan fingerprint density at radius 2 is 2.24 bits per heavy atom. The number of benzene rings is 1. The second-order valence-electron chi connectivity index (χ2n) is 3.28. The predicted molar refractivity (Wildman–Crippen MR) is 74.2 cm³/mol. The van der Waals surface area contributed by atoms with Crippen LogP contribution in [0.1, 0.15) is 18.6 Å². The van der Waals surface area contributed by atoms with Gasteiger partial charge in [-0.3, -0.25) is 5.32 Å². The smallest absolute Gasteiger partial charge is 0.409 e. The van der Waals surface area contributed by atoms with E-state index >= 15 is 0 Å². The van der Waals surface area contributed by atoms with Crippen molar-refractivity contribution in [1.82, 2.24) is 0 Å². The highest BCUT2D eigenvalue weighted by Gasteiger charge is 2.14. The molecule has 0 bridgehead atoms. The van der Waals surface area contributed by atoms with Crippen LogP contribution in [0.2, 0.25) is 0 Å². The number of carbonyl (C=O) groups is 1. The molecule has 2 unspecified atom stereocenters. The first-order chi connectivity index (χ1) is 8.04. The molecule has 1 aromatic carbocycles. The lowest BCUT2D eigenvalue weighted by Crippen LogP contribution is -2.13.